The van der Waals surface area contributed by atoms with Gasteiger partial charge < -0.3 is 15.7 Å². The van der Waals surface area contributed by atoms with E-state index in [0.29, 0.717) is 17.1 Å². The Morgan fingerprint density at radius 1 is 1.11 bits per heavy atom. The molecule has 0 saturated heterocycles. The first-order valence-electron chi connectivity index (χ1n) is 11.6. The number of hydrogen-bond donors (Lipinski definition) is 3. The molecular weight excluding hydrogens is 482 g/mol. The van der Waals surface area contributed by atoms with Crippen molar-refractivity contribution in [3.8, 4) is 6.07 Å². The van der Waals surface area contributed by atoms with Crippen LogP contribution in [-0.2, 0) is 19.4 Å². The van der Waals surface area contributed by atoms with Crippen molar-refractivity contribution in [2.75, 3.05) is 12.3 Å². The molecule has 0 aliphatic rings. The van der Waals surface area contributed by atoms with Gasteiger partial charge in [-0.05, 0) is 53.8 Å². The molecule has 9 heteroatoms. The van der Waals surface area contributed by atoms with Gasteiger partial charge in [-0.2, -0.15) is 5.26 Å². The Kier molecular flexibility index (Phi) is 10.4. The zero-order chi connectivity index (χ0) is 25.9. The van der Waals surface area contributed by atoms with Crippen molar-refractivity contribution in [2.24, 2.45) is 0 Å². The number of amides is 1. The summed E-state index contributed by atoms with van der Waals surface area (Å²) >= 11 is 1.13. The Morgan fingerprint density at radius 2 is 1.86 bits per heavy atom. The maximum absolute atomic E-state index is 13.8. The Balaban J connectivity index is 1.75. The second-order valence-electron chi connectivity index (χ2n) is 8.24. The average Bonchev–Trinajstić information content (AvgIpc) is 2.86. The summed E-state index contributed by atoms with van der Waals surface area (Å²) in [6, 6.07) is 15.5. The largest absolute Gasteiger partial charge is 0.390 e. The van der Waals surface area contributed by atoms with Crippen molar-refractivity contribution in [2.45, 2.75) is 43.5 Å². The number of carbonyl (C=O) groups excluding carboxylic acids is 1. The Labute approximate surface area is 213 Å². The van der Waals surface area contributed by atoms with E-state index in [4.69, 9.17) is 5.26 Å². The Morgan fingerprint density at radius 3 is 2.58 bits per heavy atom. The number of pyridine rings is 1. The number of nitriles is 1. The maximum atomic E-state index is 13.8. The summed E-state index contributed by atoms with van der Waals surface area (Å²) in [6.07, 6.45) is 1.39. The molecule has 3 N–H and O–H groups in total. The molecule has 0 spiro atoms. The van der Waals surface area contributed by atoms with Gasteiger partial charge in [-0.15, -0.1) is 0 Å². The molecule has 1 amide bonds. The van der Waals surface area contributed by atoms with E-state index in [0.717, 1.165) is 29.8 Å². The molecule has 36 heavy (non-hydrogen) atoms. The number of aliphatic hydroxyl groups excluding tert-OH is 1. The Bertz CT molecular complexity index is 1200. The summed E-state index contributed by atoms with van der Waals surface area (Å²) in [5.74, 6) is -1.85. The zero-order valence-electron chi connectivity index (χ0n) is 19.9. The zero-order valence-corrected chi connectivity index (χ0v) is 20.7. The average molecular weight is 511 g/mol. The standard InChI is InChI=1S/C27H28F2N4O2S/c1-2-18-5-3-6-19(11-18)16-31-17-25(34)24(14-20-12-21(28)15-22(29)13-20)33-26(35)23-7-4-9-32-27(23)36-10-8-30/h3-7,9,11-13,15,24-25,31,34H,2,10,14,16-17H2,1H3,(H,33,35)/t24-,25+/m0/s1. The van der Waals surface area contributed by atoms with Gasteiger partial charge in [0.1, 0.15) is 16.7 Å². The topological polar surface area (TPSA) is 98.0 Å². The van der Waals surface area contributed by atoms with Crippen LogP contribution in [0.5, 0.6) is 0 Å². The van der Waals surface area contributed by atoms with Crippen LogP contribution < -0.4 is 10.6 Å². The number of hydrogen-bond acceptors (Lipinski definition) is 6. The van der Waals surface area contributed by atoms with Crippen LogP contribution in [0.2, 0.25) is 0 Å². The molecule has 2 atom stereocenters. The molecule has 1 aromatic heterocycles. The number of nitrogens with zero attached hydrogens (tertiary/aromatic N) is 2. The van der Waals surface area contributed by atoms with Gasteiger partial charge in [-0.25, -0.2) is 13.8 Å². The summed E-state index contributed by atoms with van der Waals surface area (Å²) in [6.45, 7) is 2.73. The van der Waals surface area contributed by atoms with E-state index in [1.165, 1.54) is 23.9 Å². The van der Waals surface area contributed by atoms with E-state index < -0.39 is 29.7 Å². The highest BCUT2D eigenvalue weighted by Crippen LogP contribution is 2.20. The van der Waals surface area contributed by atoms with Gasteiger partial charge in [-0.1, -0.05) is 43.0 Å². The number of aromatic nitrogens is 1. The fourth-order valence-electron chi connectivity index (χ4n) is 3.76. The number of thioether (sulfide) groups is 1. The van der Waals surface area contributed by atoms with E-state index in [2.05, 4.69) is 28.6 Å². The highest BCUT2D eigenvalue weighted by molar-refractivity contribution is 7.99. The molecule has 3 aromatic rings. The molecule has 188 valence electrons. The summed E-state index contributed by atoms with van der Waals surface area (Å²) in [5.41, 5.74) is 2.82. The normalized spacial score (nSPS) is 12.5. The number of aryl methyl sites for hydroxylation is 1. The third kappa shape index (κ3) is 8.12. The van der Waals surface area contributed by atoms with Crippen molar-refractivity contribution in [3.05, 3.63) is 94.7 Å². The van der Waals surface area contributed by atoms with E-state index in [1.54, 1.807) is 12.1 Å². The summed E-state index contributed by atoms with van der Waals surface area (Å²) in [5, 5.41) is 26.2. The van der Waals surface area contributed by atoms with Crippen LogP contribution in [0, 0.1) is 23.0 Å². The monoisotopic (exact) mass is 510 g/mol. The number of benzene rings is 2. The maximum Gasteiger partial charge on any atom is 0.254 e. The van der Waals surface area contributed by atoms with Crippen LogP contribution in [0.25, 0.3) is 0 Å². The van der Waals surface area contributed by atoms with Crippen LogP contribution in [0.15, 0.2) is 65.8 Å². The van der Waals surface area contributed by atoms with Gasteiger partial charge in [0.25, 0.3) is 5.91 Å². The summed E-state index contributed by atoms with van der Waals surface area (Å²) in [7, 11) is 0. The van der Waals surface area contributed by atoms with Gasteiger partial charge in [0.2, 0.25) is 0 Å². The quantitative estimate of drug-likeness (QED) is 0.318. The van der Waals surface area contributed by atoms with Crippen molar-refractivity contribution in [1.82, 2.24) is 15.6 Å². The fraction of sp³-hybridized carbons (Fsp3) is 0.296. The third-order valence-electron chi connectivity index (χ3n) is 5.53. The van der Waals surface area contributed by atoms with Crippen molar-refractivity contribution >= 4 is 17.7 Å². The first kappa shape index (κ1) is 27.3. The van der Waals surface area contributed by atoms with E-state index in [-0.39, 0.29) is 24.3 Å². The number of carbonyl (C=O) groups is 1. The predicted molar refractivity (Wildman–Crippen MR) is 135 cm³/mol. The van der Waals surface area contributed by atoms with Crippen molar-refractivity contribution in [1.29, 1.82) is 5.26 Å². The van der Waals surface area contributed by atoms with E-state index >= 15 is 0 Å². The number of halogens is 2. The molecule has 0 radical (unpaired) electrons. The lowest BCUT2D eigenvalue weighted by Crippen LogP contribution is -2.48. The van der Waals surface area contributed by atoms with Gasteiger partial charge in [0, 0.05) is 25.4 Å². The van der Waals surface area contributed by atoms with E-state index in [1.807, 2.05) is 24.3 Å². The molecule has 3 rings (SSSR count). The van der Waals surface area contributed by atoms with Crippen molar-refractivity contribution in [3.63, 3.8) is 0 Å². The second-order valence-corrected chi connectivity index (χ2v) is 9.20. The summed E-state index contributed by atoms with van der Waals surface area (Å²) < 4.78 is 27.6. The third-order valence-corrected chi connectivity index (χ3v) is 6.40. The van der Waals surface area contributed by atoms with Gasteiger partial charge in [0.15, 0.2) is 0 Å². The molecule has 2 aromatic carbocycles. The van der Waals surface area contributed by atoms with Crippen LogP contribution in [0.4, 0.5) is 8.78 Å². The fourth-order valence-corrected chi connectivity index (χ4v) is 4.41. The number of rotatable bonds is 12. The second kappa shape index (κ2) is 13.7. The first-order chi connectivity index (χ1) is 17.4. The van der Waals surface area contributed by atoms with Crippen molar-refractivity contribution < 1.29 is 18.7 Å². The minimum atomic E-state index is -1.05. The molecule has 6 nitrogen and oxygen atoms in total. The van der Waals surface area contributed by atoms with E-state index in [9.17, 15) is 18.7 Å². The Hall–Kier alpha value is -3.32. The molecule has 1 heterocycles. The molecule has 0 bridgehead atoms. The molecule has 0 unspecified atom stereocenters. The SMILES string of the molecule is CCc1cccc(CNC[C@@H](O)[C@H](Cc2cc(F)cc(F)c2)NC(=O)c2cccnc2SCC#N)c1. The smallest absolute Gasteiger partial charge is 0.254 e. The number of aliphatic hydroxyl groups is 1. The van der Waals surface area contributed by atoms with Gasteiger partial charge >= 0.3 is 0 Å². The lowest BCUT2D eigenvalue weighted by atomic mass is 10.00. The molecular formula is C27H28F2N4O2S. The number of nitrogens with one attached hydrogen (secondary N) is 2. The van der Waals surface area contributed by atoms with Crippen LogP contribution >= 0.6 is 11.8 Å². The van der Waals surface area contributed by atoms with Crippen LogP contribution in [0.1, 0.15) is 34.0 Å². The molecule has 0 aliphatic heterocycles. The summed E-state index contributed by atoms with van der Waals surface area (Å²) in [4.78, 5) is 17.3. The molecule has 0 fully saturated rings. The van der Waals surface area contributed by atoms with Gasteiger partial charge in [0.05, 0.1) is 29.5 Å². The minimum Gasteiger partial charge on any atom is -0.390 e. The molecule has 0 saturated carbocycles. The molecule has 0 aliphatic carbocycles. The highest BCUT2D eigenvalue weighted by Gasteiger charge is 2.24. The van der Waals surface area contributed by atoms with Crippen LogP contribution in [0.3, 0.4) is 0 Å². The lowest BCUT2D eigenvalue weighted by Gasteiger charge is -2.25. The van der Waals surface area contributed by atoms with Gasteiger partial charge in [-0.3, -0.25) is 4.79 Å². The lowest BCUT2D eigenvalue weighted by molar-refractivity contribution is 0.0826. The predicted octanol–water partition coefficient (Wildman–Crippen LogP) is 4.03. The minimum absolute atomic E-state index is 0.00944. The first-order valence-corrected chi connectivity index (χ1v) is 12.5. The highest BCUT2D eigenvalue weighted by atomic mass is 32.2. The van der Waals surface area contributed by atoms with Crippen LogP contribution in [-0.4, -0.2) is 40.4 Å².